The number of aliphatic hydroxyl groups is 1. The molecule has 2 amide bonds. The molecule has 0 saturated carbocycles. The number of carboxylic acids is 1. The monoisotopic (exact) mass is 1150 g/mol. The van der Waals surface area contributed by atoms with Crippen molar-refractivity contribution >= 4 is 47.3 Å². The van der Waals surface area contributed by atoms with E-state index in [1.807, 2.05) is 6.92 Å². The molecule has 0 aromatic heterocycles. The van der Waals surface area contributed by atoms with Gasteiger partial charge in [0.25, 0.3) is 0 Å². The summed E-state index contributed by atoms with van der Waals surface area (Å²) in [6, 6.07) is -2.46. The summed E-state index contributed by atoms with van der Waals surface area (Å²) >= 11 is 1.26. The van der Waals surface area contributed by atoms with E-state index < -0.39 is 53.9 Å². The van der Waals surface area contributed by atoms with Crippen LogP contribution in [0, 0.1) is 5.92 Å². The molecule has 80 heavy (non-hydrogen) atoms. The first-order valence-electron chi connectivity index (χ1n) is 33.6. The summed E-state index contributed by atoms with van der Waals surface area (Å²) in [5, 5.41) is 23.5. The van der Waals surface area contributed by atoms with Gasteiger partial charge >= 0.3 is 17.9 Å². The van der Waals surface area contributed by atoms with Crippen LogP contribution in [0.2, 0.25) is 0 Å². The van der Waals surface area contributed by atoms with Gasteiger partial charge < -0.3 is 35.6 Å². The molecule has 1 saturated heterocycles. The quantitative estimate of drug-likeness (QED) is 0.0332. The average Bonchev–Trinajstić information content (AvgIpc) is 3.82. The molecule has 0 aliphatic carbocycles. The third-order valence-corrected chi connectivity index (χ3v) is 17.8. The van der Waals surface area contributed by atoms with Crippen LogP contribution in [0.25, 0.3) is 0 Å². The first-order valence-corrected chi connectivity index (χ1v) is 34.7. The summed E-state index contributed by atoms with van der Waals surface area (Å²) in [4.78, 5) is 81.8. The Morgan fingerprint density at radius 2 is 0.938 bits per heavy atom. The number of unbranched alkanes of at least 4 members (excludes halogenated alkanes) is 36. The summed E-state index contributed by atoms with van der Waals surface area (Å²) in [7, 11) is 0. The molecule has 468 valence electrons. The number of aliphatic carboxylic acids is 1. The Morgan fingerprint density at radius 3 is 1.32 bits per heavy atom. The van der Waals surface area contributed by atoms with E-state index in [4.69, 9.17) is 15.2 Å². The maximum absolute atomic E-state index is 14.1. The predicted octanol–water partition coefficient (Wildman–Crippen LogP) is 15.9. The standard InChI is InChI=1S/C66H123N3O10S/c1-5-9-12-15-18-21-24-27-30-33-36-39-42-45-61(72)69-50-48-57(65(76)77)66(69,49-8-4)51-60(71)59(52-70)68-64(75)58(67)55-80-54-56(79-63(74)47-44-41-38-35-32-29-26-23-20-17-14-11-7-3)53-78-62(73)46-43-40-37-34-31-28-25-22-19-16-13-10-6-2/h56-59,70H,5-55,67H2,1-4H3,(H,68,75)(H,76,77)/t56?,57?,58-,59-,66+/m0/s1. The summed E-state index contributed by atoms with van der Waals surface area (Å²) in [5.74, 6) is -3.81. The topological polar surface area (TPSA) is 203 Å². The van der Waals surface area contributed by atoms with Crippen LogP contribution in [0.4, 0.5) is 0 Å². The number of aliphatic hydroxyl groups excluding tert-OH is 1. The van der Waals surface area contributed by atoms with E-state index in [9.17, 15) is 39.0 Å². The molecule has 0 bridgehead atoms. The fourth-order valence-electron chi connectivity index (χ4n) is 11.7. The van der Waals surface area contributed by atoms with Crippen molar-refractivity contribution in [1.82, 2.24) is 10.2 Å². The summed E-state index contributed by atoms with van der Waals surface area (Å²) in [5.41, 5.74) is 5.08. The zero-order chi connectivity index (χ0) is 58.7. The van der Waals surface area contributed by atoms with Gasteiger partial charge in [0.05, 0.1) is 24.1 Å². The van der Waals surface area contributed by atoms with Crippen molar-refractivity contribution in [2.24, 2.45) is 11.7 Å². The van der Waals surface area contributed by atoms with Gasteiger partial charge in [0.15, 0.2) is 5.78 Å². The normalized spacial score (nSPS) is 16.4. The molecule has 13 nitrogen and oxygen atoms in total. The Hall–Kier alpha value is -2.71. The molecule has 1 aliphatic rings. The van der Waals surface area contributed by atoms with Crippen LogP contribution in [0.3, 0.4) is 0 Å². The number of carboxylic acid groups (broad SMARTS) is 1. The van der Waals surface area contributed by atoms with Crippen LogP contribution in [-0.2, 0) is 38.2 Å². The van der Waals surface area contributed by atoms with Gasteiger partial charge in [-0.3, -0.25) is 28.8 Å². The van der Waals surface area contributed by atoms with Crippen molar-refractivity contribution < 1.29 is 48.5 Å². The number of carbonyl (C=O) groups is 6. The van der Waals surface area contributed by atoms with Gasteiger partial charge in [0, 0.05) is 43.7 Å². The largest absolute Gasteiger partial charge is 0.481 e. The zero-order valence-electron chi connectivity index (χ0n) is 52.0. The van der Waals surface area contributed by atoms with Gasteiger partial charge in [-0.2, -0.15) is 11.8 Å². The lowest BCUT2D eigenvalue weighted by Crippen LogP contribution is -2.57. The van der Waals surface area contributed by atoms with Gasteiger partial charge in [0.1, 0.15) is 18.8 Å². The van der Waals surface area contributed by atoms with Gasteiger partial charge in [-0.1, -0.05) is 265 Å². The molecule has 5 N–H and O–H groups in total. The molecule has 1 heterocycles. The second kappa shape index (κ2) is 51.9. The third-order valence-electron chi connectivity index (χ3n) is 16.6. The fourth-order valence-corrected chi connectivity index (χ4v) is 12.6. The molecule has 0 aromatic rings. The number of likely N-dealkylation sites (tertiary alicyclic amines) is 1. The molecule has 0 aromatic carbocycles. The number of nitrogens with two attached hydrogens (primary N) is 1. The molecule has 0 radical (unpaired) electrons. The Labute approximate surface area is 493 Å². The molecule has 1 fully saturated rings. The van der Waals surface area contributed by atoms with Crippen molar-refractivity contribution in [3.63, 3.8) is 0 Å². The smallest absolute Gasteiger partial charge is 0.308 e. The third kappa shape index (κ3) is 37.5. The van der Waals surface area contributed by atoms with Crippen molar-refractivity contribution in [3.8, 4) is 0 Å². The Bertz CT molecular complexity index is 1570. The average molecular weight is 1150 g/mol. The summed E-state index contributed by atoms with van der Waals surface area (Å²) < 4.78 is 11.5. The maximum Gasteiger partial charge on any atom is 0.308 e. The second-order valence-electron chi connectivity index (χ2n) is 23.9. The van der Waals surface area contributed by atoms with E-state index in [-0.39, 0.29) is 68.2 Å². The molecule has 5 atom stereocenters. The van der Waals surface area contributed by atoms with E-state index in [0.717, 1.165) is 64.2 Å². The van der Waals surface area contributed by atoms with Crippen LogP contribution in [-0.4, -0.2) is 106 Å². The van der Waals surface area contributed by atoms with Gasteiger partial charge in [-0.05, 0) is 32.1 Å². The number of Topliss-reactive ketones (excluding diaryl/α,β-unsaturated/α-hetero) is 1. The van der Waals surface area contributed by atoms with Crippen LogP contribution in [0.1, 0.15) is 323 Å². The Kier molecular flexibility index (Phi) is 48.8. The predicted molar refractivity (Wildman–Crippen MR) is 331 cm³/mol. The van der Waals surface area contributed by atoms with Crippen molar-refractivity contribution in [3.05, 3.63) is 0 Å². The van der Waals surface area contributed by atoms with E-state index in [1.54, 1.807) is 4.90 Å². The fraction of sp³-hybridized carbons (Fsp3) is 0.909. The summed E-state index contributed by atoms with van der Waals surface area (Å²) in [6.07, 6.45) is 47.5. The first-order chi connectivity index (χ1) is 38.9. The van der Waals surface area contributed by atoms with Crippen molar-refractivity contribution in [2.75, 3.05) is 31.3 Å². The molecule has 1 rings (SSSR count). The highest BCUT2D eigenvalue weighted by molar-refractivity contribution is 7.99. The zero-order valence-corrected chi connectivity index (χ0v) is 52.8. The number of ether oxygens (including phenoxy) is 2. The van der Waals surface area contributed by atoms with Gasteiger partial charge in [-0.25, -0.2) is 0 Å². The number of esters is 2. The first kappa shape index (κ1) is 75.3. The second-order valence-corrected chi connectivity index (χ2v) is 25.0. The summed E-state index contributed by atoms with van der Waals surface area (Å²) in [6.45, 7) is 8.04. The molecular weight excluding hydrogens is 1030 g/mol. The highest BCUT2D eigenvalue weighted by atomic mass is 32.2. The molecule has 2 unspecified atom stereocenters. The molecule has 1 aliphatic heterocycles. The lowest BCUT2D eigenvalue weighted by Gasteiger charge is -2.41. The minimum absolute atomic E-state index is 0.0836. The highest BCUT2D eigenvalue weighted by Crippen LogP contribution is 2.43. The maximum atomic E-state index is 14.1. The number of carbonyl (C=O) groups excluding carboxylic acids is 5. The highest BCUT2D eigenvalue weighted by Gasteiger charge is 2.54. The number of nitrogens with zero attached hydrogens (tertiary/aromatic N) is 1. The molecular formula is C66H123N3O10S. The van der Waals surface area contributed by atoms with Crippen LogP contribution >= 0.6 is 11.8 Å². The van der Waals surface area contributed by atoms with E-state index in [2.05, 4.69) is 26.1 Å². The molecule has 0 spiro atoms. The van der Waals surface area contributed by atoms with Gasteiger partial charge in [0.2, 0.25) is 11.8 Å². The van der Waals surface area contributed by atoms with E-state index in [1.165, 1.54) is 192 Å². The van der Waals surface area contributed by atoms with Crippen molar-refractivity contribution in [2.45, 2.75) is 347 Å². The number of ketones is 1. The minimum atomic E-state index is -1.35. The van der Waals surface area contributed by atoms with Crippen LogP contribution < -0.4 is 11.1 Å². The number of nitrogens with one attached hydrogen (secondary N) is 1. The minimum Gasteiger partial charge on any atom is -0.481 e. The molecule has 14 heteroatoms. The van der Waals surface area contributed by atoms with Gasteiger partial charge in [-0.15, -0.1) is 0 Å². The number of amides is 2. The lowest BCUT2D eigenvalue weighted by atomic mass is 9.76. The number of hydrogen-bond acceptors (Lipinski definition) is 11. The van der Waals surface area contributed by atoms with E-state index in [0.29, 0.717) is 25.7 Å². The number of thioether (sulfide) groups is 1. The lowest BCUT2D eigenvalue weighted by molar-refractivity contribution is -0.157. The SMILES string of the molecule is CCCCCCCCCCCCCCCC(=O)OCC(CSC[C@H](N)C(=O)N[C@@H](CO)C(=O)C[C@]1(CCC)C(C(=O)O)CCN1C(=O)CCCCCCCCCCCCCCC)OC(=O)CCCCCCCCCCCCCCC. The Morgan fingerprint density at radius 1 is 0.550 bits per heavy atom. The number of hydrogen-bond donors (Lipinski definition) is 4. The van der Waals surface area contributed by atoms with Crippen molar-refractivity contribution in [1.29, 1.82) is 0 Å². The van der Waals surface area contributed by atoms with Crippen LogP contribution in [0.15, 0.2) is 0 Å². The van der Waals surface area contributed by atoms with Crippen LogP contribution in [0.5, 0.6) is 0 Å². The van der Waals surface area contributed by atoms with E-state index >= 15 is 0 Å². The number of rotatable bonds is 58. The Balaban J connectivity index is 2.76.